The molecule has 24 heavy (non-hydrogen) atoms. The highest BCUT2D eigenvalue weighted by atomic mass is 35.5. The lowest BCUT2D eigenvalue weighted by Crippen LogP contribution is -3.00. The minimum absolute atomic E-state index is 0. The second kappa shape index (κ2) is 8.13. The fourth-order valence-corrected chi connectivity index (χ4v) is 3.75. The lowest BCUT2D eigenvalue weighted by Gasteiger charge is -2.14. The van der Waals surface area contributed by atoms with Crippen LogP contribution in [-0.2, 0) is 21.4 Å². The fourth-order valence-electron chi connectivity index (χ4n) is 1.76. The quantitative estimate of drug-likeness (QED) is 0.633. The van der Waals surface area contributed by atoms with Crippen molar-refractivity contribution in [3.05, 3.63) is 39.6 Å². The zero-order chi connectivity index (χ0) is 17.2. The van der Waals surface area contributed by atoms with Gasteiger partial charge in [0.2, 0.25) is 15.9 Å². The van der Waals surface area contributed by atoms with E-state index in [-0.39, 0.29) is 39.6 Å². The number of rotatable bonds is 5. The highest BCUT2D eigenvalue weighted by molar-refractivity contribution is 7.89. The van der Waals surface area contributed by atoms with Gasteiger partial charge in [0, 0.05) is 31.4 Å². The maximum absolute atomic E-state index is 12.2. The minimum Gasteiger partial charge on any atom is -1.00 e. The maximum Gasteiger partial charge on any atom is 0.244 e. The Kier molecular flexibility index (Phi) is 6.99. The summed E-state index contributed by atoms with van der Waals surface area (Å²) >= 11 is 7.16. The molecule has 0 fully saturated rings. The average Bonchev–Trinajstić information content (AvgIpc) is 2.86. The molecule has 0 atom stereocenters. The zero-order valence-electron chi connectivity index (χ0n) is 12.8. The molecule has 11 heteroatoms. The van der Waals surface area contributed by atoms with Crippen molar-refractivity contribution in [1.29, 1.82) is 5.41 Å². The predicted octanol–water partition coefficient (Wildman–Crippen LogP) is -1.42. The van der Waals surface area contributed by atoms with E-state index in [1.807, 2.05) is 0 Å². The number of amides is 1. The first kappa shape index (κ1) is 20.7. The Labute approximate surface area is 154 Å². The van der Waals surface area contributed by atoms with Crippen molar-refractivity contribution < 1.29 is 25.6 Å². The van der Waals surface area contributed by atoms with E-state index in [0.29, 0.717) is 5.69 Å². The van der Waals surface area contributed by atoms with Crippen molar-refractivity contribution in [2.75, 3.05) is 19.4 Å². The Bertz CT molecular complexity index is 891. The standard InChI is InChI=1S/C13H15ClN4O3S2.ClH/c1-17(2)23(20,21)11-7-9(3-4-10(11)14)16-12(19)8-18-5-6-22-13(18)15;/h3-7,15H,8H2,1-2H3,(H,16,19);1H/p-1. The Morgan fingerprint density at radius 1 is 1.42 bits per heavy atom. The number of nitrogens with one attached hydrogen (secondary N) is 2. The minimum atomic E-state index is -3.71. The first-order valence-electron chi connectivity index (χ1n) is 6.42. The van der Waals surface area contributed by atoms with Crippen molar-refractivity contribution in [2.45, 2.75) is 11.4 Å². The number of thiazole rings is 1. The van der Waals surface area contributed by atoms with Crippen LogP contribution in [0.2, 0.25) is 5.02 Å². The number of hydrogen-bond donors (Lipinski definition) is 2. The lowest BCUT2D eigenvalue weighted by molar-refractivity contribution is -0.116. The van der Waals surface area contributed by atoms with Gasteiger partial charge in [0.25, 0.3) is 0 Å². The van der Waals surface area contributed by atoms with Gasteiger partial charge in [-0.05, 0) is 18.2 Å². The molecule has 2 aromatic rings. The van der Waals surface area contributed by atoms with Crippen LogP contribution in [0.1, 0.15) is 0 Å². The van der Waals surface area contributed by atoms with Gasteiger partial charge in [-0.2, -0.15) is 0 Å². The number of hydrogen-bond acceptors (Lipinski definition) is 5. The number of sulfonamides is 1. The van der Waals surface area contributed by atoms with Crippen LogP contribution >= 0.6 is 22.9 Å². The molecular formula is C13H15Cl2N4O3S2-. The number of benzene rings is 1. The van der Waals surface area contributed by atoms with Crippen LogP contribution in [0.25, 0.3) is 0 Å². The van der Waals surface area contributed by atoms with Crippen molar-refractivity contribution in [2.24, 2.45) is 0 Å². The molecule has 0 spiro atoms. The van der Waals surface area contributed by atoms with E-state index in [1.165, 1.54) is 48.2 Å². The van der Waals surface area contributed by atoms with Crippen LogP contribution in [0.4, 0.5) is 5.69 Å². The molecule has 0 bridgehead atoms. The normalized spacial score (nSPS) is 11.2. The molecule has 1 aromatic heterocycles. The summed E-state index contributed by atoms with van der Waals surface area (Å²) < 4.78 is 26.9. The first-order chi connectivity index (χ1) is 10.7. The summed E-state index contributed by atoms with van der Waals surface area (Å²) in [4.78, 5) is 12.2. The molecule has 1 aromatic carbocycles. The first-order valence-corrected chi connectivity index (χ1v) is 9.12. The van der Waals surface area contributed by atoms with Gasteiger partial charge < -0.3 is 22.3 Å². The van der Waals surface area contributed by atoms with Gasteiger partial charge in [0.05, 0.1) is 5.02 Å². The summed E-state index contributed by atoms with van der Waals surface area (Å²) in [5, 5.41) is 12.0. The van der Waals surface area contributed by atoms with E-state index in [0.717, 1.165) is 4.31 Å². The molecule has 7 nitrogen and oxygen atoms in total. The SMILES string of the molecule is CN(C)S(=O)(=O)c1cc(NC(=O)Cn2ccsc2=N)ccc1Cl.[Cl-]. The number of carbonyl (C=O) groups is 1. The Morgan fingerprint density at radius 2 is 2.08 bits per heavy atom. The van der Waals surface area contributed by atoms with Gasteiger partial charge in [-0.1, -0.05) is 11.6 Å². The van der Waals surface area contributed by atoms with Crippen LogP contribution in [0, 0.1) is 5.41 Å². The van der Waals surface area contributed by atoms with Crippen LogP contribution in [0.5, 0.6) is 0 Å². The Morgan fingerprint density at radius 3 is 2.62 bits per heavy atom. The van der Waals surface area contributed by atoms with Crippen molar-refractivity contribution >= 4 is 44.6 Å². The largest absolute Gasteiger partial charge is 1.00 e. The van der Waals surface area contributed by atoms with Crippen LogP contribution in [-0.4, -0.2) is 37.3 Å². The van der Waals surface area contributed by atoms with E-state index >= 15 is 0 Å². The summed E-state index contributed by atoms with van der Waals surface area (Å²) in [5.41, 5.74) is 0.321. The van der Waals surface area contributed by atoms with E-state index in [9.17, 15) is 13.2 Å². The van der Waals surface area contributed by atoms with E-state index < -0.39 is 10.0 Å². The second-order valence-corrected chi connectivity index (χ2v) is 8.24. The van der Waals surface area contributed by atoms with Gasteiger partial charge in [-0.3, -0.25) is 10.2 Å². The van der Waals surface area contributed by atoms with E-state index in [4.69, 9.17) is 17.0 Å². The van der Waals surface area contributed by atoms with Gasteiger partial charge >= 0.3 is 0 Å². The summed E-state index contributed by atoms with van der Waals surface area (Å²) in [7, 11) is -0.901. The topological polar surface area (TPSA) is 95.3 Å². The third-order valence-corrected chi connectivity index (χ3v) is 5.98. The molecule has 2 N–H and O–H groups in total. The molecule has 0 radical (unpaired) electrons. The highest BCUT2D eigenvalue weighted by Crippen LogP contribution is 2.26. The van der Waals surface area contributed by atoms with Crippen molar-refractivity contribution in [1.82, 2.24) is 8.87 Å². The second-order valence-electron chi connectivity index (χ2n) is 4.82. The molecular weight excluding hydrogens is 395 g/mol. The monoisotopic (exact) mass is 409 g/mol. The van der Waals surface area contributed by atoms with Gasteiger partial charge in [-0.15, -0.1) is 11.3 Å². The lowest BCUT2D eigenvalue weighted by atomic mass is 10.3. The Balaban J connectivity index is 0.00000288. The van der Waals surface area contributed by atoms with Crippen LogP contribution in [0.15, 0.2) is 34.7 Å². The molecule has 2 rings (SSSR count). The zero-order valence-corrected chi connectivity index (χ0v) is 15.9. The molecule has 0 saturated carbocycles. The molecule has 0 saturated heterocycles. The fraction of sp³-hybridized carbons (Fsp3) is 0.231. The van der Waals surface area contributed by atoms with Gasteiger partial charge in [0.15, 0.2) is 4.80 Å². The summed E-state index contributed by atoms with van der Waals surface area (Å²) in [6.07, 6.45) is 1.64. The third kappa shape index (κ3) is 4.58. The summed E-state index contributed by atoms with van der Waals surface area (Å²) in [6, 6.07) is 4.26. The molecule has 0 aliphatic rings. The summed E-state index contributed by atoms with van der Waals surface area (Å²) in [6.45, 7) is -0.0271. The molecule has 1 amide bonds. The number of halogens is 2. The molecule has 1 heterocycles. The van der Waals surface area contributed by atoms with E-state index in [1.54, 1.807) is 11.6 Å². The molecule has 132 valence electrons. The average molecular weight is 410 g/mol. The van der Waals surface area contributed by atoms with Crippen molar-refractivity contribution in [3.8, 4) is 0 Å². The number of aromatic nitrogens is 1. The summed E-state index contributed by atoms with van der Waals surface area (Å²) in [5.74, 6) is -0.363. The van der Waals surface area contributed by atoms with Crippen molar-refractivity contribution in [3.63, 3.8) is 0 Å². The Hall–Kier alpha value is -1.39. The molecule has 0 aliphatic carbocycles. The number of anilines is 1. The smallest absolute Gasteiger partial charge is 0.244 e. The third-order valence-electron chi connectivity index (χ3n) is 2.97. The van der Waals surface area contributed by atoms with E-state index in [2.05, 4.69) is 5.32 Å². The number of carbonyl (C=O) groups excluding carboxylic acids is 1. The molecule has 0 aliphatic heterocycles. The highest BCUT2D eigenvalue weighted by Gasteiger charge is 2.21. The van der Waals surface area contributed by atoms with Gasteiger partial charge in [0.1, 0.15) is 11.4 Å². The maximum atomic E-state index is 12.2. The predicted molar refractivity (Wildman–Crippen MR) is 89.1 cm³/mol. The number of nitrogens with zero attached hydrogens (tertiary/aromatic N) is 2. The van der Waals surface area contributed by atoms with Crippen LogP contribution in [0.3, 0.4) is 0 Å². The van der Waals surface area contributed by atoms with Gasteiger partial charge in [-0.25, -0.2) is 12.7 Å². The molecule has 0 unspecified atom stereocenters. The van der Waals surface area contributed by atoms with Crippen LogP contribution < -0.4 is 22.5 Å².